The van der Waals surface area contributed by atoms with Gasteiger partial charge >= 0.3 is 6.03 Å². The van der Waals surface area contributed by atoms with Crippen LogP contribution in [0.15, 0.2) is 41.8 Å². The maximum atomic E-state index is 12.7. The van der Waals surface area contributed by atoms with E-state index in [9.17, 15) is 9.59 Å². The van der Waals surface area contributed by atoms with Gasteiger partial charge in [0.15, 0.2) is 6.04 Å². The molecule has 0 saturated carbocycles. The number of thiophene rings is 1. The molecule has 3 amide bonds. The van der Waals surface area contributed by atoms with Crippen LogP contribution >= 0.6 is 11.3 Å². The van der Waals surface area contributed by atoms with Crippen molar-refractivity contribution in [3.63, 3.8) is 0 Å². The largest absolute Gasteiger partial charge is 0.336 e. The number of nitrogens with two attached hydrogens (primary N) is 1. The first kappa shape index (κ1) is 18.6. The van der Waals surface area contributed by atoms with Gasteiger partial charge in [-0.15, -0.1) is 11.3 Å². The van der Waals surface area contributed by atoms with Crippen LogP contribution < -0.4 is 10.6 Å². The molecule has 3 rings (SSSR count). The van der Waals surface area contributed by atoms with Gasteiger partial charge in [-0.2, -0.15) is 0 Å². The number of carbonyl (C=O) groups is 2. The Morgan fingerprint density at radius 2 is 1.85 bits per heavy atom. The van der Waals surface area contributed by atoms with Crippen molar-refractivity contribution in [2.75, 3.05) is 13.1 Å². The van der Waals surface area contributed by atoms with E-state index in [0.717, 1.165) is 0 Å². The Morgan fingerprint density at radius 1 is 1.15 bits per heavy atom. The summed E-state index contributed by atoms with van der Waals surface area (Å²) in [5, 5.41) is 6.80. The van der Waals surface area contributed by atoms with Crippen LogP contribution in [0.2, 0.25) is 0 Å². The highest BCUT2D eigenvalue weighted by molar-refractivity contribution is 7.10. The summed E-state index contributed by atoms with van der Waals surface area (Å²) in [6.45, 7) is 7.21. The molecule has 1 aromatic carbocycles. The summed E-state index contributed by atoms with van der Waals surface area (Å²) in [7, 11) is 0. The van der Waals surface area contributed by atoms with Crippen molar-refractivity contribution in [1.82, 2.24) is 10.2 Å². The first-order valence-corrected chi connectivity index (χ1v) is 9.92. The first-order chi connectivity index (χ1) is 12.5. The molecule has 0 unspecified atom stereocenters. The summed E-state index contributed by atoms with van der Waals surface area (Å²) in [5.74, 6) is 0.350. The van der Waals surface area contributed by atoms with E-state index in [1.807, 2.05) is 13.0 Å². The lowest BCUT2D eigenvalue weighted by Crippen LogP contribution is -2.92. The Kier molecular flexibility index (Phi) is 5.74. The smallest absolute Gasteiger partial charge is 0.324 e. The Bertz CT molecular complexity index is 756. The van der Waals surface area contributed by atoms with Crippen LogP contribution in [0, 0.1) is 0 Å². The molecule has 0 bridgehead atoms. The van der Waals surface area contributed by atoms with Gasteiger partial charge in [0.1, 0.15) is 6.04 Å². The van der Waals surface area contributed by atoms with Gasteiger partial charge in [-0.25, -0.2) is 4.79 Å². The molecule has 1 fully saturated rings. The molecule has 3 N–H and O–H groups in total. The van der Waals surface area contributed by atoms with Crippen molar-refractivity contribution in [3.05, 3.63) is 57.8 Å². The third-order valence-corrected chi connectivity index (χ3v) is 5.76. The zero-order valence-corrected chi connectivity index (χ0v) is 16.3. The minimum atomic E-state index is -0.337. The zero-order valence-electron chi connectivity index (χ0n) is 15.4. The number of hydrogen-bond acceptors (Lipinski definition) is 3. The van der Waals surface area contributed by atoms with Crippen molar-refractivity contribution < 1.29 is 14.9 Å². The van der Waals surface area contributed by atoms with Crippen LogP contribution in [0.4, 0.5) is 4.79 Å². The average Bonchev–Trinajstić information content (AvgIpc) is 3.30. The maximum Gasteiger partial charge on any atom is 0.324 e. The van der Waals surface area contributed by atoms with Crippen molar-refractivity contribution in [1.29, 1.82) is 0 Å². The van der Waals surface area contributed by atoms with E-state index in [0.29, 0.717) is 19.0 Å². The van der Waals surface area contributed by atoms with E-state index < -0.39 is 0 Å². The van der Waals surface area contributed by atoms with E-state index in [4.69, 9.17) is 0 Å². The molecule has 1 saturated heterocycles. The van der Waals surface area contributed by atoms with E-state index in [1.54, 1.807) is 11.3 Å². The highest BCUT2D eigenvalue weighted by Gasteiger charge is 2.33. The quantitative estimate of drug-likeness (QED) is 0.818. The van der Waals surface area contributed by atoms with Crippen molar-refractivity contribution >= 4 is 23.3 Å². The highest BCUT2D eigenvalue weighted by Crippen LogP contribution is 2.25. The summed E-state index contributed by atoms with van der Waals surface area (Å²) < 4.78 is 0. The van der Waals surface area contributed by atoms with Gasteiger partial charge in [0.25, 0.3) is 5.91 Å². The normalized spacial score (nSPS) is 16.6. The Hall–Kier alpha value is -2.18. The molecular formula is C20H26N3O2S+. The van der Waals surface area contributed by atoms with Crippen LogP contribution in [0.1, 0.15) is 48.7 Å². The Labute approximate surface area is 158 Å². The van der Waals surface area contributed by atoms with Crippen LogP contribution in [0.5, 0.6) is 0 Å². The molecular weight excluding hydrogens is 346 g/mol. The fourth-order valence-corrected chi connectivity index (χ4v) is 4.06. The molecule has 26 heavy (non-hydrogen) atoms. The molecule has 0 radical (unpaired) electrons. The summed E-state index contributed by atoms with van der Waals surface area (Å²) in [4.78, 5) is 27.0. The van der Waals surface area contributed by atoms with E-state index in [2.05, 4.69) is 60.2 Å². The predicted octanol–water partition coefficient (Wildman–Crippen LogP) is 2.46. The summed E-state index contributed by atoms with van der Waals surface area (Å²) in [6, 6.07) is 12.2. The fourth-order valence-electron chi connectivity index (χ4n) is 3.23. The van der Waals surface area contributed by atoms with Gasteiger partial charge in [0.2, 0.25) is 0 Å². The number of amides is 3. The van der Waals surface area contributed by atoms with Gasteiger partial charge in [0.05, 0.1) is 4.88 Å². The molecule has 138 valence electrons. The van der Waals surface area contributed by atoms with Crippen molar-refractivity contribution in [3.8, 4) is 0 Å². The summed E-state index contributed by atoms with van der Waals surface area (Å²) >= 11 is 1.69. The minimum Gasteiger partial charge on any atom is -0.336 e. The van der Waals surface area contributed by atoms with Crippen molar-refractivity contribution in [2.24, 2.45) is 0 Å². The van der Waals surface area contributed by atoms with E-state index >= 15 is 0 Å². The Balaban J connectivity index is 1.80. The van der Waals surface area contributed by atoms with Crippen molar-refractivity contribution in [2.45, 2.75) is 38.8 Å². The number of carbonyl (C=O) groups excluding carboxylic acids is 2. The van der Waals surface area contributed by atoms with Crippen LogP contribution in [-0.4, -0.2) is 36.0 Å². The second-order valence-corrected chi connectivity index (χ2v) is 8.00. The van der Waals surface area contributed by atoms with Crippen LogP contribution in [-0.2, 0) is 4.79 Å². The lowest BCUT2D eigenvalue weighted by atomic mass is 9.98. The molecule has 6 heteroatoms. The molecule has 1 aliphatic heterocycles. The zero-order chi connectivity index (χ0) is 18.7. The number of urea groups is 1. The molecule has 0 spiro atoms. The fraction of sp³-hybridized carbons (Fsp3) is 0.400. The van der Waals surface area contributed by atoms with Crippen LogP contribution in [0.25, 0.3) is 0 Å². The highest BCUT2D eigenvalue weighted by atomic mass is 32.1. The number of benzene rings is 1. The number of imide groups is 1. The molecule has 1 aromatic heterocycles. The second kappa shape index (κ2) is 8.01. The molecule has 2 heterocycles. The minimum absolute atomic E-state index is 0.0424. The number of hydrogen-bond donors (Lipinski definition) is 2. The third-order valence-electron chi connectivity index (χ3n) is 4.81. The van der Waals surface area contributed by atoms with E-state index in [1.165, 1.54) is 20.9 Å². The van der Waals surface area contributed by atoms with Gasteiger partial charge in [-0.05, 0) is 29.9 Å². The lowest BCUT2D eigenvalue weighted by Gasteiger charge is -2.22. The van der Waals surface area contributed by atoms with Crippen LogP contribution in [0.3, 0.4) is 0 Å². The molecule has 5 nitrogen and oxygen atoms in total. The van der Waals surface area contributed by atoms with Gasteiger partial charge in [-0.3, -0.25) is 9.69 Å². The molecule has 0 aliphatic carbocycles. The molecule has 1 aliphatic rings. The number of nitrogens with zero attached hydrogens (tertiary/aromatic N) is 1. The lowest BCUT2D eigenvalue weighted by molar-refractivity contribution is -0.704. The second-order valence-electron chi connectivity index (χ2n) is 7.02. The summed E-state index contributed by atoms with van der Waals surface area (Å²) in [6.07, 6.45) is 0. The molecule has 2 aromatic rings. The first-order valence-electron chi connectivity index (χ1n) is 9.05. The van der Waals surface area contributed by atoms with Gasteiger partial charge in [0, 0.05) is 18.7 Å². The number of rotatable bonds is 6. The van der Waals surface area contributed by atoms with Gasteiger partial charge < -0.3 is 10.6 Å². The standard InChI is InChI=1S/C20H25N3O2S/c1-13(2)15-6-8-16(9-7-15)18(17-5-4-12-26-17)22-14(3)19(24)23-11-10-21-20(23)25/h4-9,12-14,18,22H,10-11H2,1-3H3,(H,21,25)/p+1/t14-,18+/m1/s1. The number of quaternary nitrogens is 1. The summed E-state index contributed by atoms with van der Waals surface area (Å²) in [5.41, 5.74) is 2.47. The SMILES string of the molecule is CC(C)c1ccc([C@H]([NH2+][C@H](C)C(=O)N2CCNC2=O)c2cccs2)cc1. The maximum absolute atomic E-state index is 12.7. The topological polar surface area (TPSA) is 66.0 Å². The predicted molar refractivity (Wildman–Crippen MR) is 103 cm³/mol. The van der Waals surface area contributed by atoms with Gasteiger partial charge in [-0.1, -0.05) is 44.2 Å². The monoisotopic (exact) mass is 372 g/mol. The Morgan fingerprint density at radius 3 is 2.38 bits per heavy atom. The molecule has 2 atom stereocenters. The van der Waals surface area contributed by atoms with E-state index in [-0.39, 0.29) is 24.0 Å². The third kappa shape index (κ3) is 3.97. The number of nitrogens with one attached hydrogen (secondary N) is 1. The average molecular weight is 373 g/mol.